The van der Waals surface area contributed by atoms with Crippen LogP contribution in [0.3, 0.4) is 0 Å². The van der Waals surface area contributed by atoms with Crippen LogP contribution >= 0.6 is 0 Å². The molecule has 0 atom stereocenters. The third-order valence-electron chi connectivity index (χ3n) is 4.92. The fraction of sp³-hybridized carbons (Fsp3) is 0.368. The minimum atomic E-state index is -3.86. The van der Waals surface area contributed by atoms with Crippen LogP contribution in [-0.4, -0.2) is 41.3 Å². The molecule has 0 radical (unpaired) electrons. The third kappa shape index (κ3) is 4.72. The molecule has 0 saturated carbocycles. The van der Waals surface area contributed by atoms with E-state index >= 15 is 0 Å². The van der Waals surface area contributed by atoms with Crippen molar-refractivity contribution >= 4 is 25.7 Å². The summed E-state index contributed by atoms with van der Waals surface area (Å²) in [4.78, 5) is 2.25. The van der Waals surface area contributed by atoms with Crippen molar-refractivity contribution in [3.63, 3.8) is 0 Å². The minimum Gasteiger partial charge on any atom is -0.372 e. The van der Waals surface area contributed by atoms with Crippen molar-refractivity contribution in [2.24, 2.45) is 5.14 Å². The number of piperidine rings is 1. The average molecular weight is 424 g/mol. The van der Waals surface area contributed by atoms with Gasteiger partial charge in [-0.25, -0.2) is 22.0 Å². The van der Waals surface area contributed by atoms with Gasteiger partial charge in [0.2, 0.25) is 20.0 Å². The normalized spacial score (nSPS) is 15.8. The number of primary sulfonamides is 1. The van der Waals surface area contributed by atoms with E-state index in [9.17, 15) is 16.8 Å². The Kier molecular flexibility index (Phi) is 6.09. The predicted octanol–water partition coefficient (Wildman–Crippen LogP) is 2.14. The molecule has 1 saturated heterocycles. The molecule has 2 aromatic carbocycles. The fourth-order valence-electron chi connectivity index (χ4n) is 3.29. The second-order valence-corrected chi connectivity index (χ2v) is 10.6. The summed E-state index contributed by atoms with van der Waals surface area (Å²) in [6.07, 6.45) is 3.68. The third-order valence-corrected chi connectivity index (χ3v) is 7.67. The molecule has 1 aliphatic heterocycles. The van der Waals surface area contributed by atoms with Crippen LogP contribution in [-0.2, 0) is 26.6 Å². The first kappa shape index (κ1) is 20.8. The highest BCUT2D eigenvalue weighted by molar-refractivity contribution is 7.89. The average Bonchev–Trinajstić information content (AvgIpc) is 2.68. The Bertz CT molecular complexity index is 1010. The van der Waals surface area contributed by atoms with Gasteiger partial charge in [-0.2, -0.15) is 4.31 Å². The monoisotopic (exact) mass is 423 g/mol. The zero-order valence-electron chi connectivity index (χ0n) is 15.8. The molecule has 2 N–H and O–H groups in total. The smallest absolute Gasteiger partial charge is 0.243 e. The van der Waals surface area contributed by atoms with Crippen LogP contribution in [0.15, 0.2) is 58.3 Å². The van der Waals surface area contributed by atoms with E-state index in [0.29, 0.717) is 0 Å². The fourth-order valence-corrected chi connectivity index (χ4v) is 4.96. The van der Waals surface area contributed by atoms with Crippen molar-refractivity contribution in [2.45, 2.75) is 35.6 Å². The number of sulfonamides is 2. The molecular formula is C19H25N3O4S2. The summed E-state index contributed by atoms with van der Waals surface area (Å²) in [5.74, 6) is 0. The van der Waals surface area contributed by atoms with E-state index in [0.717, 1.165) is 24.3 Å². The van der Waals surface area contributed by atoms with E-state index in [1.807, 2.05) is 24.3 Å². The topological polar surface area (TPSA) is 101 Å². The van der Waals surface area contributed by atoms with Gasteiger partial charge in [-0.1, -0.05) is 12.1 Å². The van der Waals surface area contributed by atoms with E-state index in [1.165, 1.54) is 54.9 Å². The molecule has 1 fully saturated rings. The Hall–Kier alpha value is -1.94. The quantitative estimate of drug-likeness (QED) is 0.767. The molecular weight excluding hydrogens is 398 g/mol. The summed E-state index contributed by atoms with van der Waals surface area (Å²) < 4.78 is 49.4. The maximum atomic E-state index is 12.7. The maximum Gasteiger partial charge on any atom is 0.243 e. The first-order valence-corrected chi connectivity index (χ1v) is 12.1. The molecule has 9 heteroatoms. The van der Waals surface area contributed by atoms with Crippen LogP contribution in [0.4, 0.5) is 5.69 Å². The lowest BCUT2D eigenvalue weighted by Crippen LogP contribution is -2.29. The van der Waals surface area contributed by atoms with Gasteiger partial charge in [0.1, 0.15) is 0 Å². The van der Waals surface area contributed by atoms with Crippen molar-refractivity contribution in [3.05, 3.63) is 54.1 Å². The van der Waals surface area contributed by atoms with Gasteiger partial charge in [0.05, 0.1) is 9.79 Å². The van der Waals surface area contributed by atoms with Crippen LogP contribution in [0.5, 0.6) is 0 Å². The van der Waals surface area contributed by atoms with Gasteiger partial charge in [-0.3, -0.25) is 0 Å². The number of anilines is 1. The van der Waals surface area contributed by atoms with E-state index in [1.54, 1.807) is 0 Å². The predicted molar refractivity (Wildman–Crippen MR) is 109 cm³/mol. The van der Waals surface area contributed by atoms with Crippen LogP contribution in [0.2, 0.25) is 0 Å². The molecule has 0 amide bonds. The van der Waals surface area contributed by atoms with Crippen molar-refractivity contribution < 1.29 is 16.8 Å². The second kappa shape index (κ2) is 8.20. The van der Waals surface area contributed by atoms with Crippen molar-refractivity contribution in [3.8, 4) is 0 Å². The Balaban J connectivity index is 1.71. The highest BCUT2D eigenvalue weighted by Crippen LogP contribution is 2.22. The number of nitrogens with zero attached hydrogens (tertiary/aromatic N) is 2. The largest absolute Gasteiger partial charge is 0.372 e. The summed E-state index contributed by atoms with van der Waals surface area (Å²) in [6, 6.07) is 12.9. The highest BCUT2D eigenvalue weighted by atomic mass is 32.2. The lowest BCUT2D eigenvalue weighted by molar-refractivity contribution is 0.466. The van der Waals surface area contributed by atoms with Gasteiger partial charge in [0, 0.05) is 32.4 Å². The number of hydrogen-bond acceptors (Lipinski definition) is 5. The molecule has 1 aliphatic rings. The molecule has 7 nitrogen and oxygen atoms in total. The van der Waals surface area contributed by atoms with Gasteiger partial charge < -0.3 is 4.90 Å². The summed E-state index contributed by atoms with van der Waals surface area (Å²) in [7, 11) is -6.10. The molecule has 152 valence electrons. The van der Waals surface area contributed by atoms with Crippen LogP contribution in [0.25, 0.3) is 0 Å². The Morgan fingerprint density at radius 2 is 1.39 bits per heavy atom. The van der Waals surface area contributed by atoms with Crippen molar-refractivity contribution in [2.75, 3.05) is 25.0 Å². The molecule has 0 bridgehead atoms. The first-order valence-electron chi connectivity index (χ1n) is 9.11. The summed E-state index contributed by atoms with van der Waals surface area (Å²) in [5, 5.41) is 5.05. The SMILES string of the molecule is CN(Cc1ccc(N2CCCCC2)cc1)S(=O)(=O)c1ccc(S(N)(=O)=O)cc1. The van der Waals surface area contributed by atoms with Gasteiger partial charge in [-0.15, -0.1) is 0 Å². The van der Waals surface area contributed by atoms with E-state index < -0.39 is 20.0 Å². The van der Waals surface area contributed by atoms with E-state index in [2.05, 4.69) is 4.90 Å². The van der Waals surface area contributed by atoms with Gasteiger partial charge in [-0.05, 0) is 61.2 Å². The van der Waals surface area contributed by atoms with Crippen LogP contribution in [0.1, 0.15) is 24.8 Å². The summed E-state index contributed by atoms with van der Waals surface area (Å²) in [6.45, 7) is 2.34. The van der Waals surface area contributed by atoms with Crippen molar-refractivity contribution in [1.82, 2.24) is 4.31 Å². The number of benzene rings is 2. The van der Waals surface area contributed by atoms with Gasteiger partial charge in [0.25, 0.3) is 0 Å². The molecule has 3 rings (SSSR count). The Morgan fingerprint density at radius 1 is 0.857 bits per heavy atom. The lowest BCUT2D eigenvalue weighted by atomic mass is 10.1. The van der Waals surface area contributed by atoms with Gasteiger partial charge in [0.15, 0.2) is 0 Å². The van der Waals surface area contributed by atoms with Gasteiger partial charge >= 0.3 is 0 Å². The van der Waals surface area contributed by atoms with Crippen LogP contribution < -0.4 is 10.0 Å². The molecule has 0 aliphatic carbocycles. The summed E-state index contributed by atoms with van der Waals surface area (Å²) in [5.41, 5.74) is 2.04. The molecule has 0 aromatic heterocycles. The number of hydrogen-bond donors (Lipinski definition) is 1. The number of rotatable bonds is 6. The summed E-state index contributed by atoms with van der Waals surface area (Å²) >= 11 is 0. The zero-order chi connectivity index (χ0) is 20.4. The standard InChI is InChI=1S/C19H25N3O4S2/c1-21(28(25,26)19-11-9-18(10-12-19)27(20,23)24)15-16-5-7-17(8-6-16)22-13-3-2-4-14-22/h5-12H,2-4,13-15H2,1H3,(H2,20,23,24). The first-order chi connectivity index (χ1) is 13.2. The van der Waals surface area contributed by atoms with Crippen molar-refractivity contribution in [1.29, 1.82) is 0 Å². The second-order valence-electron chi connectivity index (χ2n) is 6.99. The minimum absolute atomic E-state index is 0.0207. The molecule has 2 aromatic rings. The highest BCUT2D eigenvalue weighted by Gasteiger charge is 2.22. The van der Waals surface area contributed by atoms with E-state index in [-0.39, 0.29) is 16.3 Å². The Labute approximate surface area is 166 Å². The molecule has 0 spiro atoms. The zero-order valence-corrected chi connectivity index (χ0v) is 17.4. The van der Waals surface area contributed by atoms with E-state index in [4.69, 9.17) is 5.14 Å². The molecule has 28 heavy (non-hydrogen) atoms. The van der Waals surface area contributed by atoms with Crippen LogP contribution in [0, 0.1) is 0 Å². The molecule has 0 unspecified atom stereocenters. The lowest BCUT2D eigenvalue weighted by Gasteiger charge is -2.29. The molecule has 1 heterocycles. The Morgan fingerprint density at radius 3 is 1.93 bits per heavy atom. The maximum absolute atomic E-state index is 12.7. The number of nitrogens with two attached hydrogens (primary N) is 1.